The highest BCUT2D eigenvalue weighted by Gasteiger charge is 2.40. The molecule has 26 heavy (non-hydrogen) atoms. The molecule has 0 spiro atoms. The number of benzene rings is 2. The Labute approximate surface area is 152 Å². The Bertz CT molecular complexity index is 924. The van der Waals surface area contributed by atoms with Crippen molar-refractivity contribution in [3.8, 4) is 0 Å². The van der Waals surface area contributed by atoms with Gasteiger partial charge in [-0.15, -0.1) is 0 Å². The van der Waals surface area contributed by atoms with Gasteiger partial charge in [-0.2, -0.15) is 0 Å². The van der Waals surface area contributed by atoms with Crippen LogP contribution in [0.3, 0.4) is 0 Å². The number of ether oxygens (including phenoxy) is 1. The van der Waals surface area contributed by atoms with E-state index in [9.17, 15) is 18.0 Å². The summed E-state index contributed by atoms with van der Waals surface area (Å²) in [5.41, 5.74) is 1.17. The fourth-order valence-corrected chi connectivity index (χ4v) is 4.46. The van der Waals surface area contributed by atoms with Crippen LogP contribution in [0.25, 0.3) is 0 Å². The molecule has 136 valence electrons. The first-order valence-electron chi connectivity index (χ1n) is 8.28. The molecule has 0 radical (unpaired) electrons. The van der Waals surface area contributed by atoms with Gasteiger partial charge in [0.2, 0.25) is 0 Å². The van der Waals surface area contributed by atoms with Gasteiger partial charge >= 0.3 is 5.97 Å². The van der Waals surface area contributed by atoms with Gasteiger partial charge in [-0.05, 0) is 23.6 Å². The van der Waals surface area contributed by atoms with Gasteiger partial charge in [-0.3, -0.25) is 9.59 Å². The molecule has 2 aromatic rings. The zero-order valence-electron chi connectivity index (χ0n) is 14.3. The molecular weight excluding hydrogens is 354 g/mol. The molecule has 0 N–H and O–H groups in total. The predicted octanol–water partition coefficient (Wildman–Crippen LogP) is 2.57. The van der Waals surface area contributed by atoms with E-state index in [0.29, 0.717) is 0 Å². The molecule has 2 aromatic carbocycles. The molecule has 1 aliphatic heterocycles. The number of amides is 1. The standard InChI is InChI=1S/C19H19NO5S/c1-14(15-7-3-2-4-8-15)13-18(21)25-12-11-20-19(22)16-9-5-6-10-17(16)26(20,23)24/h2-10,14H,11-13H2,1H3/t14-/m0/s1. The second-order valence-corrected chi connectivity index (χ2v) is 7.95. The molecule has 1 aliphatic rings. The van der Waals surface area contributed by atoms with E-state index in [0.717, 1.165) is 9.87 Å². The Kier molecular flexibility index (Phi) is 5.08. The van der Waals surface area contributed by atoms with Gasteiger partial charge < -0.3 is 4.74 Å². The van der Waals surface area contributed by atoms with Gasteiger partial charge in [-0.25, -0.2) is 12.7 Å². The minimum atomic E-state index is -3.87. The number of carbonyl (C=O) groups excluding carboxylic acids is 2. The summed E-state index contributed by atoms with van der Waals surface area (Å²) in [5, 5.41) is 0. The van der Waals surface area contributed by atoms with Crippen molar-refractivity contribution < 1.29 is 22.7 Å². The van der Waals surface area contributed by atoms with Crippen molar-refractivity contribution in [3.63, 3.8) is 0 Å². The van der Waals surface area contributed by atoms with Crippen LogP contribution < -0.4 is 0 Å². The van der Waals surface area contributed by atoms with Crippen LogP contribution in [-0.2, 0) is 19.6 Å². The lowest BCUT2D eigenvalue weighted by molar-refractivity contribution is -0.144. The number of sulfonamides is 1. The third kappa shape index (κ3) is 3.48. The first-order chi connectivity index (χ1) is 12.4. The van der Waals surface area contributed by atoms with E-state index in [1.807, 2.05) is 37.3 Å². The Balaban J connectivity index is 1.56. The largest absolute Gasteiger partial charge is 0.464 e. The van der Waals surface area contributed by atoms with Crippen molar-refractivity contribution in [1.29, 1.82) is 0 Å². The molecule has 0 aliphatic carbocycles. The Morgan fingerprint density at radius 2 is 1.73 bits per heavy atom. The fraction of sp³-hybridized carbons (Fsp3) is 0.263. The first kappa shape index (κ1) is 18.1. The molecular formula is C19H19NO5S. The lowest BCUT2D eigenvalue weighted by atomic mass is 9.98. The molecule has 0 unspecified atom stereocenters. The maximum Gasteiger partial charge on any atom is 0.306 e. The monoisotopic (exact) mass is 373 g/mol. The molecule has 0 fully saturated rings. The van der Waals surface area contributed by atoms with Gasteiger partial charge in [0.1, 0.15) is 11.5 Å². The first-order valence-corrected chi connectivity index (χ1v) is 9.72. The maximum atomic E-state index is 12.4. The summed E-state index contributed by atoms with van der Waals surface area (Å²) in [7, 11) is -3.87. The predicted molar refractivity (Wildman–Crippen MR) is 95.1 cm³/mol. The minimum absolute atomic E-state index is 0.00553. The van der Waals surface area contributed by atoms with E-state index in [2.05, 4.69) is 0 Å². The van der Waals surface area contributed by atoms with E-state index in [1.165, 1.54) is 12.1 Å². The summed E-state index contributed by atoms with van der Waals surface area (Å²) >= 11 is 0. The fourth-order valence-electron chi connectivity index (χ4n) is 2.90. The molecule has 1 heterocycles. The van der Waals surface area contributed by atoms with Crippen LogP contribution in [0.4, 0.5) is 0 Å². The number of esters is 1. The molecule has 7 heteroatoms. The summed E-state index contributed by atoms with van der Waals surface area (Å²) in [5.74, 6) is -1.03. The van der Waals surface area contributed by atoms with Crippen LogP contribution in [0.1, 0.15) is 35.2 Å². The SMILES string of the molecule is C[C@@H](CC(=O)OCCN1C(=O)c2ccccc2S1(=O)=O)c1ccccc1. The van der Waals surface area contributed by atoms with E-state index in [1.54, 1.807) is 12.1 Å². The summed E-state index contributed by atoms with van der Waals surface area (Å²) in [6.07, 6.45) is 0.185. The number of rotatable bonds is 6. The van der Waals surface area contributed by atoms with E-state index in [4.69, 9.17) is 4.74 Å². The third-order valence-electron chi connectivity index (χ3n) is 4.31. The molecule has 0 aromatic heterocycles. The molecule has 0 saturated heterocycles. The summed E-state index contributed by atoms with van der Waals surface area (Å²) in [6.45, 7) is 1.56. The number of hydrogen-bond donors (Lipinski definition) is 0. The number of carbonyl (C=O) groups is 2. The quantitative estimate of drug-likeness (QED) is 0.727. The highest BCUT2D eigenvalue weighted by molar-refractivity contribution is 7.90. The van der Waals surface area contributed by atoms with E-state index >= 15 is 0 Å². The van der Waals surface area contributed by atoms with E-state index < -0.39 is 21.9 Å². The summed E-state index contributed by atoms with van der Waals surface area (Å²) in [6, 6.07) is 15.6. The van der Waals surface area contributed by atoms with Crippen molar-refractivity contribution >= 4 is 21.9 Å². The zero-order chi connectivity index (χ0) is 18.7. The molecule has 0 bridgehead atoms. The third-order valence-corrected chi connectivity index (χ3v) is 6.15. The lowest BCUT2D eigenvalue weighted by Crippen LogP contribution is -2.33. The van der Waals surface area contributed by atoms with Crippen molar-refractivity contribution in [1.82, 2.24) is 4.31 Å². The Morgan fingerprint density at radius 1 is 1.08 bits per heavy atom. The molecule has 0 saturated carbocycles. The maximum absolute atomic E-state index is 12.4. The summed E-state index contributed by atoms with van der Waals surface area (Å²) in [4.78, 5) is 24.2. The van der Waals surface area contributed by atoms with Crippen LogP contribution in [0.5, 0.6) is 0 Å². The van der Waals surface area contributed by atoms with Crippen LogP contribution in [0.15, 0.2) is 59.5 Å². The van der Waals surface area contributed by atoms with Gasteiger partial charge in [0.25, 0.3) is 15.9 Å². The van der Waals surface area contributed by atoms with Crippen LogP contribution >= 0.6 is 0 Å². The smallest absolute Gasteiger partial charge is 0.306 e. The zero-order valence-corrected chi connectivity index (χ0v) is 15.1. The van der Waals surface area contributed by atoms with E-state index in [-0.39, 0.29) is 35.9 Å². The van der Waals surface area contributed by atoms with Gasteiger partial charge in [0.15, 0.2) is 0 Å². The van der Waals surface area contributed by atoms with Gasteiger partial charge in [0.05, 0.1) is 18.5 Å². The Hall–Kier alpha value is -2.67. The normalized spacial score (nSPS) is 16.2. The molecule has 6 nitrogen and oxygen atoms in total. The molecule has 1 atom stereocenters. The average molecular weight is 373 g/mol. The van der Waals surface area contributed by atoms with Crippen LogP contribution in [0, 0.1) is 0 Å². The van der Waals surface area contributed by atoms with Crippen molar-refractivity contribution in [2.24, 2.45) is 0 Å². The molecule has 3 rings (SSSR count). The van der Waals surface area contributed by atoms with Crippen molar-refractivity contribution in [2.75, 3.05) is 13.2 Å². The molecule has 1 amide bonds. The van der Waals surface area contributed by atoms with Gasteiger partial charge in [0, 0.05) is 0 Å². The average Bonchev–Trinajstić information content (AvgIpc) is 2.83. The lowest BCUT2D eigenvalue weighted by Gasteiger charge is -2.16. The summed E-state index contributed by atoms with van der Waals surface area (Å²) < 4.78 is 30.7. The minimum Gasteiger partial charge on any atom is -0.464 e. The second-order valence-electron chi connectivity index (χ2n) is 6.11. The van der Waals surface area contributed by atoms with Crippen LogP contribution in [0.2, 0.25) is 0 Å². The van der Waals surface area contributed by atoms with Crippen molar-refractivity contribution in [2.45, 2.75) is 24.2 Å². The van der Waals surface area contributed by atoms with Crippen LogP contribution in [-0.4, -0.2) is 37.8 Å². The van der Waals surface area contributed by atoms with Crippen molar-refractivity contribution in [3.05, 3.63) is 65.7 Å². The number of nitrogens with zero attached hydrogens (tertiary/aromatic N) is 1. The highest BCUT2D eigenvalue weighted by Crippen LogP contribution is 2.29. The number of hydrogen-bond acceptors (Lipinski definition) is 5. The Morgan fingerprint density at radius 3 is 2.42 bits per heavy atom. The number of fused-ring (bicyclic) bond motifs is 1. The topological polar surface area (TPSA) is 80.8 Å². The highest BCUT2D eigenvalue weighted by atomic mass is 32.2. The van der Waals surface area contributed by atoms with Gasteiger partial charge in [-0.1, -0.05) is 49.4 Å². The second kappa shape index (κ2) is 7.29.